The molecule has 0 saturated heterocycles. The molecule has 0 radical (unpaired) electrons. The fraction of sp³-hybridized carbons (Fsp3) is 0.200. The Bertz CT molecular complexity index is 1240. The number of carbonyl (C=O) groups is 1. The lowest BCUT2D eigenvalue weighted by Gasteiger charge is -2.25. The van der Waals surface area contributed by atoms with E-state index in [1.54, 1.807) is 26.0 Å². The van der Waals surface area contributed by atoms with E-state index in [4.69, 9.17) is 9.15 Å². The molecule has 0 aliphatic carbocycles. The Morgan fingerprint density at radius 2 is 1.68 bits per heavy atom. The highest BCUT2D eigenvalue weighted by atomic mass is 79.9. The summed E-state index contributed by atoms with van der Waals surface area (Å²) >= 11 is 3.39. The first kappa shape index (κ1) is 21.1. The van der Waals surface area contributed by atoms with Gasteiger partial charge in [-0.2, -0.15) is 0 Å². The SMILES string of the molecule is Cc1cc(C)cc(-c2nc3cc(NC(=O)C(C)(C)Oc4ccc(Br)cc4)ccc3o2)c1. The molecule has 158 valence electrons. The van der Waals surface area contributed by atoms with E-state index < -0.39 is 5.60 Å². The molecule has 0 saturated carbocycles. The molecule has 1 heterocycles. The number of ether oxygens (including phenoxy) is 1. The highest BCUT2D eigenvalue weighted by Gasteiger charge is 2.30. The van der Waals surface area contributed by atoms with Crippen LogP contribution in [0.5, 0.6) is 5.75 Å². The Hall–Kier alpha value is -3.12. The molecule has 0 fully saturated rings. The van der Waals surface area contributed by atoms with Gasteiger partial charge in [0.1, 0.15) is 11.3 Å². The summed E-state index contributed by atoms with van der Waals surface area (Å²) in [6.45, 7) is 7.56. The molecule has 31 heavy (non-hydrogen) atoms. The number of nitrogens with zero attached hydrogens (tertiary/aromatic N) is 1. The number of hydrogen-bond donors (Lipinski definition) is 1. The summed E-state index contributed by atoms with van der Waals surface area (Å²) in [7, 11) is 0. The molecule has 4 aromatic rings. The summed E-state index contributed by atoms with van der Waals surface area (Å²) in [6.07, 6.45) is 0. The summed E-state index contributed by atoms with van der Waals surface area (Å²) in [5, 5.41) is 2.92. The van der Waals surface area contributed by atoms with Crippen LogP contribution in [0.1, 0.15) is 25.0 Å². The zero-order valence-electron chi connectivity index (χ0n) is 17.8. The van der Waals surface area contributed by atoms with Crippen molar-refractivity contribution in [3.8, 4) is 17.2 Å². The first-order valence-corrected chi connectivity index (χ1v) is 10.7. The van der Waals surface area contributed by atoms with Crippen molar-refractivity contribution < 1.29 is 13.9 Å². The zero-order chi connectivity index (χ0) is 22.2. The quantitative estimate of drug-likeness (QED) is 0.347. The Balaban J connectivity index is 1.54. The van der Waals surface area contributed by atoms with Crippen molar-refractivity contribution >= 4 is 38.6 Å². The summed E-state index contributed by atoms with van der Waals surface area (Å²) in [5.41, 5.74) is 4.15. The number of anilines is 1. The molecule has 0 spiro atoms. The van der Waals surface area contributed by atoms with Gasteiger partial charge in [0.25, 0.3) is 5.91 Å². The lowest BCUT2D eigenvalue weighted by molar-refractivity contribution is -0.128. The van der Waals surface area contributed by atoms with Crippen LogP contribution in [0.25, 0.3) is 22.6 Å². The van der Waals surface area contributed by atoms with Gasteiger partial charge in [-0.25, -0.2) is 4.98 Å². The molecule has 1 aromatic heterocycles. The summed E-state index contributed by atoms with van der Waals surface area (Å²) < 4.78 is 12.8. The number of oxazole rings is 1. The number of fused-ring (bicyclic) bond motifs is 1. The van der Waals surface area contributed by atoms with Gasteiger partial charge in [0, 0.05) is 15.7 Å². The molecule has 0 bridgehead atoms. The minimum atomic E-state index is -1.06. The predicted molar refractivity (Wildman–Crippen MR) is 126 cm³/mol. The van der Waals surface area contributed by atoms with Gasteiger partial charge in [-0.15, -0.1) is 0 Å². The van der Waals surface area contributed by atoms with Crippen molar-refractivity contribution in [2.24, 2.45) is 0 Å². The number of nitrogens with one attached hydrogen (secondary N) is 1. The van der Waals surface area contributed by atoms with Crippen LogP contribution in [-0.4, -0.2) is 16.5 Å². The molecule has 0 aliphatic rings. The van der Waals surface area contributed by atoms with Crippen LogP contribution in [0.3, 0.4) is 0 Å². The lowest BCUT2D eigenvalue weighted by atomic mass is 10.1. The first-order valence-electron chi connectivity index (χ1n) is 9.95. The average Bonchev–Trinajstić information content (AvgIpc) is 3.12. The topological polar surface area (TPSA) is 64.4 Å². The molecule has 3 aromatic carbocycles. The number of benzene rings is 3. The van der Waals surface area contributed by atoms with Gasteiger partial charge in [-0.3, -0.25) is 4.79 Å². The second-order valence-electron chi connectivity index (χ2n) is 8.10. The van der Waals surface area contributed by atoms with Crippen molar-refractivity contribution in [2.45, 2.75) is 33.3 Å². The number of aryl methyl sites for hydroxylation is 2. The minimum Gasteiger partial charge on any atom is -0.478 e. The molecule has 1 amide bonds. The summed E-state index contributed by atoms with van der Waals surface area (Å²) in [6, 6.07) is 19.0. The smallest absolute Gasteiger partial charge is 0.267 e. The largest absolute Gasteiger partial charge is 0.478 e. The third-order valence-electron chi connectivity index (χ3n) is 4.85. The molecular weight excluding hydrogens is 456 g/mol. The van der Waals surface area contributed by atoms with E-state index in [2.05, 4.69) is 32.3 Å². The molecule has 5 nitrogen and oxygen atoms in total. The number of hydrogen-bond acceptors (Lipinski definition) is 4. The number of aromatic nitrogens is 1. The normalized spacial score (nSPS) is 11.5. The first-order chi connectivity index (χ1) is 14.7. The fourth-order valence-corrected chi connectivity index (χ4v) is 3.62. The van der Waals surface area contributed by atoms with E-state index in [0.717, 1.165) is 21.2 Å². The van der Waals surface area contributed by atoms with E-state index in [-0.39, 0.29) is 5.91 Å². The van der Waals surface area contributed by atoms with Crippen LogP contribution in [0.2, 0.25) is 0 Å². The van der Waals surface area contributed by atoms with Crippen molar-refractivity contribution in [2.75, 3.05) is 5.32 Å². The van der Waals surface area contributed by atoms with Crippen LogP contribution >= 0.6 is 15.9 Å². The van der Waals surface area contributed by atoms with E-state index in [1.165, 1.54) is 0 Å². The molecule has 0 aliphatic heterocycles. The van der Waals surface area contributed by atoms with Gasteiger partial charge >= 0.3 is 0 Å². The third kappa shape index (κ3) is 4.80. The number of halogens is 1. The number of rotatable bonds is 5. The van der Waals surface area contributed by atoms with E-state index >= 15 is 0 Å². The van der Waals surface area contributed by atoms with Crippen LogP contribution in [-0.2, 0) is 4.79 Å². The third-order valence-corrected chi connectivity index (χ3v) is 5.38. The Morgan fingerprint density at radius 1 is 1.00 bits per heavy atom. The maximum absolute atomic E-state index is 12.9. The minimum absolute atomic E-state index is 0.257. The maximum Gasteiger partial charge on any atom is 0.267 e. The summed E-state index contributed by atoms with van der Waals surface area (Å²) in [4.78, 5) is 17.5. The van der Waals surface area contributed by atoms with Gasteiger partial charge in [-0.1, -0.05) is 33.1 Å². The fourth-order valence-electron chi connectivity index (χ4n) is 3.35. The van der Waals surface area contributed by atoms with Crippen LogP contribution in [0, 0.1) is 13.8 Å². The number of carbonyl (C=O) groups excluding carboxylic acids is 1. The van der Waals surface area contributed by atoms with Crippen molar-refractivity contribution in [1.82, 2.24) is 4.98 Å². The predicted octanol–water partition coefficient (Wildman–Crippen LogP) is 6.67. The maximum atomic E-state index is 12.9. The second kappa shape index (κ2) is 8.19. The Labute approximate surface area is 189 Å². The highest BCUT2D eigenvalue weighted by Crippen LogP contribution is 2.28. The lowest BCUT2D eigenvalue weighted by Crippen LogP contribution is -2.42. The average molecular weight is 479 g/mol. The van der Waals surface area contributed by atoms with Gasteiger partial charge < -0.3 is 14.5 Å². The highest BCUT2D eigenvalue weighted by molar-refractivity contribution is 9.10. The number of amides is 1. The molecule has 4 rings (SSSR count). The Kier molecular flexibility index (Phi) is 5.58. The second-order valence-corrected chi connectivity index (χ2v) is 9.01. The molecule has 6 heteroatoms. The van der Waals surface area contributed by atoms with Crippen molar-refractivity contribution in [1.29, 1.82) is 0 Å². The molecular formula is C25H23BrN2O3. The van der Waals surface area contributed by atoms with Crippen molar-refractivity contribution in [3.63, 3.8) is 0 Å². The van der Waals surface area contributed by atoms with Gasteiger partial charge in [0.15, 0.2) is 11.2 Å². The monoisotopic (exact) mass is 478 g/mol. The standard InChI is InChI=1S/C25H23BrN2O3/c1-15-11-16(2)13-17(12-15)23-28-21-14-19(7-10-22(21)30-23)27-24(29)25(3,4)31-20-8-5-18(26)6-9-20/h5-14H,1-4H3,(H,27,29). The zero-order valence-corrected chi connectivity index (χ0v) is 19.4. The van der Waals surface area contributed by atoms with Crippen molar-refractivity contribution in [3.05, 3.63) is 76.3 Å². The van der Waals surface area contributed by atoms with Crippen LogP contribution in [0.4, 0.5) is 5.69 Å². The van der Waals surface area contributed by atoms with Crippen LogP contribution in [0.15, 0.2) is 69.6 Å². The molecule has 1 N–H and O–H groups in total. The van der Waals surface area contributed by atoms with E-state index in [9.17, 15) is 4.79 Å². The van der Waals surface area contributed by atoms with Crippen LogP contribution < -0.4 is 10.1 Å². The summed E-state index contributed by atoms with van der Waals surface area (Å²) in [5.74, 6) is 0.922. The van der Waals surface area contributed by atoms with Gasteiger partial charge in [0.05, 0.1) is 0 Å². The molecule has 0 atom stereocenters. The molecule has 0 unspecified atom stereocenters. The van der Waals surface area contributed by atoms with E-state index in [0.29, 0.717) is 28.4 Å². The Morgan fingerprint density at radius 3 is 2.35 bits per heavy atom. The van der Waals surface area contributed by atoms with E-state index in [1.807, 2.05) is 56.3 Å². The van der Waals surface area contributed by atoms with Gasteiger partial charge in [0.2, 0.25) is 5.89 Å². The van der Waals surface area contributed by atoms with Gasteiger partial charge in [-0.05, 0) is 82.3 Å².